The van der Waals surface area contributed by atoms with Crippen LogP contribution in [0.2, 0.25) is 0 Å². The number of nitrogens with two attached hydrogens (primary N) is 1. The van der Waals surface area contributed by atoms with Crippen LogP contribution in [0.15, 0.2) is 0 Å². The van der Waals surface area contributed by atoms with Crippen LogP contribution in [0, 0.1) is 17.8 Å². The van der Waals surface area contributed by atoms with E-state index < -0.39 is 0 Å². The summed E-state index contributed by atoms with van der Waals surface area (Å²) in [5.41, 5.74) is 5.73. The highest BCUT2D eigenvalue weighted by Crippen LogP contribution is 2.30. The van der Waals surface area contributed by atoms with E-state index in [4.69, 9.17) is 5.73 Å². The molecule has 1 rings (SSSR count). The molecule has 0 aromatic carbocycles. The second-order valence-electron chi connectivity index (χ2n) is 6.44. The van der Waals surface area contributed by atoms with Gasteiger partial charge in [-0.3, -0.25) is 4.79 Å². The van der Waals surface area contributed by atoms with Gasteiger partial charge in [0.2, 0.25) is 5.91 Å². The van der Waals surface area contributed by atoms with Gasteiger partial charge in [-0.1, -0.05) is 26.7 Å². The molecule has 0 aliphatic heterocycles. The van der Waals surface area contributed by atoms with Gasteiger partial charge in [-0.25, -0.2) is 0 Å². The van der Waals surface area contributed by atoms with Crippen LogP contribution < -0.4 is 5.73 Å². The zero-order chi connectivity index (χ0) is 15.0. The van der Waals surface area contributed by atoms with Crippen molar-refractivity contribution in [3.05, 3.63) is 0 Å². The summed E-state index contributed by atoms with van der Waals surface area (Å²) >= 11 is 0. The molecular weight excluding hydrogens is 248 g/mol. The third kappa shape index (κ3) is 5.43. The van der Waals surface area contributed by atoms with Crippen LogP contribution in [0.1, 0.15) is 65.7 Å². The summed E-state index contributed by atoms with van der Waals surface area (Å²) in [4.78, 5) is 14.5. The molecule has 0 radical (unpaired) electrons. The maximum absolute atomic E-state index is 12.5. The van der Waals surface area contributed by atoms with Crippen molar-refractivity contribution in [3.8, 4) is 0 Å². The van der Waals surface area contributed by atoms with Gasteiger partial charge in [-0.15, -0.1) is 0 Å². The first-order valence-corrected chi connectivity index (χ1v) is 8.62. The second-order valence-corrected chi connectivity index (χ2v) is 6.44. The first-order valence-electron chi connectivity index (χ1n) is 8.62. The molecule has 0 unspecified atom stereocenters. The van der Waals surface area contributed by atoms with Crippen molar-refractivity contribution in [3.63, 3.8) is 0 Å². The van der Waals surface area contributed by atoms with E-state index >= 15 is 0 Å². The molecule has 0 saturated heterocycles. The van der Waals surface area contributed by atoms with Crippen LogP contribution in [0.3, 0.4) is 0 Å². The van der Waals surface area contributed by atoms with Crippen molar-refractivity contribution in [2.45, 2.75) is 65.7 Å². The molecular formula is C17H34N2O. The van der Waals surface area contributed by atoms with Crippen molar-refractivity contribution in [1.29, 1.82) is 0 Å². The average Bonchev–Trinajstić information content (AvgIpc) is 2.49. The predicted octanol–water partition coefficient (Wildman–Crippen LogP) is 3.43. The molecule has 0 aromatic heterocycles. The van der Waals surface area contributed by atoms with Gasteiger partial charge in [-0.2, -0.15) is 0 Å². The van der Waals surface area contributed by atoms with Crippen LogP contribution >= 0.6 is 0 Å². The van der Waals surface area contributed by atoms with Crippen molar-refractivity contribution in [1.82, 2.24) is 4.90 Å². The Morgan fingerprint density at radius 3 is 2.10 bits per heavy atom. The van der Waals surface area contributed by atoms with E-state index in [0.29, 0.717) is 23.7 Å². The van der Waals surface area contributed by atoms with E-state index in [-0.39, 0.29) is 0 Å². The Morgan fingerprint density at radius 1 is 1.10 bits per heavy atom. The molecule has 1 saturated carbocycles. The normalized spacial score (nSPS) is 23.1. The lowest BCUT2D eigenvalue weighted by atomic mass is 9.80. The Morgan fingerprint density at radius 2 is 1.65 bits per heavy atom. The summed E-state index contributed by atoms with van der Waals surface area (Å²) in [6, 6.07) is 0. The van der Waals surface area contributed by atoms with Crippen LogP contribution in [-0.2, 0) is 4.79 Å². The number of hydrogen-bond donors (Lipinski definition) is 1. The lowest BCUT2D eigenvalue weighted by molar-refractivity contribution is -0.133. The largest absolute Gasteiger partial charge is 0.343 e. The van der Waals surface area contributed by atoms with E-state index in [2.05, 4.69) is 25.7 Å². The van der Waals surface area contributed by atoms with Gasteiger partial charge in [0.25, 0.3) is 0 Å². The highest BCUT2D eigenvalue weighted by molar-refractivity contribution is 5.76. The van der Waals surface area contributed by atoms with Crippen molar-refractivity contribution in [2.24, 2.45) is 23.5 Å². The molecule has 1 aliphatic rings. The fourth-order valence-electron chi connectivity index (χ4n) is 3.31. The van der Waals surface area contributed by atoms with Gasteiger partial charge < -0.3 is 10.6 Å². The number of carbonyl (C=O) groups is 1. The molecule has 0 heterocycles. The molecule has 1 amide bonds. The Balaban J connectivity index is 2.39. The van der Waals surface area contributed by atoms with E-state index in [1.54, 1.807) is 0 Å². The molecule has 2 N–H and O–H groups in total. The number of hydrogen-bond acceptors (Lipinski definition) is 2. The number of nitrogens with zero attached hydrogens (tertiary/aromatic N) is 1. The second kappa shape index (κ2) is 9.38. The summed E-state index contributed by atoms with van der Waals surface area (Å²) < 4.78 is 0. The zero-order valence-corrected chi connectivity index (χ0v) is 13.7. The summed E-state index contributed by atoms with van der Waals surface area (Å²) in [5.74, 6) is 2.33. The maximum Gasteiger partial charge on any atom is 0.222 e. The minimum Gasteiger partial charge on any atom is -0.343 e. The molecule has 3 heteroatoms. The molecule has 0 spiro atoms. The van der Waals surface area contributed by atoms with E-state index in [0.717, 1.165) is 26.1 Å². The smallest absolute Gasteiger partial charge is 0.222 e. The molecule has 0 atom stereocenters. The lowest BCUT2D eigenvalue weighted by Crippen LogP contribution is -2.36. The Bertz CT molecular complexity index is 268. The van der Waals surface area contributed by atoms with Crippen molar-refractivity contribution >= 4 is 5.91 Å². The quantitative estimate of drug-likeness (QED) is 0.741. The molecule has 0 bridgehead atoms. The van der Waals surface area contributed by atoms with Crippen LogP contribution in [-0.4, -0.2) is 30.4 Å². The van der Waals surface area contributed by atoms with Gasteiger partial charge >= 0.3 is 0 Å². The Hall–Kier alpha value is -0.570. The fraction of sp³-hybridized carbons (Fsp3) is 0.941. The Labute approximate surface area is 125 Å². The van der Waals surface area contributed by atoms with Crippen molar-refractivity contribution in [2.75, 3.05) is 19.6 Å². The van der Waals surface area contributed by atoms with Crippen molar-refractivity contribution < 1.29 is 4.79 Å². The molecule has 20 heavy (non-hydrogen) atoms. The minimum atomic E-state index is 0.371. The van der Waals surface area contributed by atoms with E-state index in [9.17, 15) is 4.79 Å². The van der Waals surface area contributed by atoms with Crippen LogP contribution in [0.5, 0.6) is 0 Å². The summed E-state index contributed by atoms with van der Waals surface area (Å²) in [6.07, 6.45) is 7.90. The number of carbonyl (C=O) groups excluding carboxylic acids is 1. The maximum atomic E-state index is 12.5. The number of rotatable bonds is 8. The summed E-state index contributed by atoms with van der Waals surface area (Å²) in [7, 11) is 0. The summed E-state index contributed by atoms with van der Waals surface area (Å²) in [6.45, 7) is 9.16. The average molecular weight is 282 g/mol. The van der Waals surface area contributed by atoms with Gasteiger partial charge in [0.15, 0.2) is 0 Å². The Kier molecular flexibility index (Phi) is 8.20. The van der Waals surface area contributed by atoms with Gasteiger partial charge in [0, 0.05) is 19.5 Å². The van der Waals surface area contributed by atoms with Gasteiger partial charge in [-0.05, 0) is 56.9 Å². The first-order chi connectivity index (χ1) is 9.64. The third-order valence-electron chi connectivity index (χ3n) is 5.13. The fourth-order valence-corrected chi connectivity index (χ4v) is 3.31. The van der Waals surface area contributed by atoms with Gasteiger partial charge in [0.1, 0.15) is 0 Å². The molecule has 1 aliphatic carbocycles. The van der Waals surface area contributed by atoms with Gasteiger partial charge in [0.05, 0.1) is 0 Å². The monoisotopic (exact) mass is 282 g/mol. The summed E-state index contributed by atoms with van der Waals surface area (Å²) in [5, 5.41) is 0. The molecule has 118 valence electrons. The van der Waals surface area contributed by atoms with Crippen LogP contribution in [0.25, 0.3) is 0 Å². The highest BCUT2D eigenvalue weighted by atomic mass is 16.2. The minimum absolute atomic E-state index is 0.371. The lowest BCUT2D eigenvalue weighted by Gasteiger charge is -2.30. The topological polar surface area (TPSA) is 46.3 Å². The standard InChI is InChI=1S/C17H34N2O/c1-4-14(5-2)13-19(6-3)17(20)11-15-7-9-16(12-18)10-8-15/h14-16H,4-13,18H2,1-3H3. The van der Waals surface area contributed by atoms with Crippen LogP contribution in [0.4, 0.5) is 0 Å². The zero-order valence-electron chi connectivity index (χ0n) is 13.7. The molecule has 0 aromatic rings. The highest BCUT2D eigenvalue weighted by Gasteiger charge is 2.24. The third-order valence-corrected chi connectivity index (χ3v) is 5.13. The number of amides is 1. The van der Waals surface area contributed by atoms with E-state index in [1.165, 1.54) is 38.5 Å². The molecule has 1 fully saturated rings. The first kappa shape index (κ1) is 17.5. The predicted molar refractivity (Wildman–Crippen MR) is 85.4 cm³/mol. The SMILES string of the molecule is CCC(CC)CN(CC)C(=O)CC1CCC(CN)CC1. The molecule has 3 nitrogen and oxygen atoms in total. The van der Waals surface area contributed by atoms with E-state index in [1.807, 2.05) is 0 Å².